The zero-order chi connectivity index (χ0) is 18.2. The first-order valence-electron chi connectivity index (χ1n) is 8.94. The predicted octanol–water partition coefficient (Wildman–Crippen LogP) is 3.40. The third-order valence-electron chi connectivity index (χ3n) is 4.73. The first-order valence-corrected chi connectivity index (χ1v) is 10.4. The highest BCUT2D eigenvalue weighted by Gasteiger charge is 2.33. The molecule has 25 heavy (non-hydrogen) atoms. The van der Waals surface area contributed by atoms with Crippen LogP contribution in [0.4, 0.5) is 11.4 Å². The van der Waals surface area contributed by atoms with Crippen LogP contribution in [0.3, 0.4) is 0 Å². The summed E-state index contributed by atoms with van der Waals surface area (Å²) in [5, 5.41) is 2.81. The Bertz CT molecular complexity index is 813. The van der Waals surface area contributed by atoms with Crippen molar-refractivity contribution in [3.8, 4) is 0 Å². The first-order chi connectivity index (χ1) is 11.9. The second kappa shape index (κ2) is 6.78. The largest absolute Gasteiger partial charge is 0.328 e. The molecule has 1 atom stereocenters. The number of carbonyl (C=O) groups is 1. The molecule has 0 radical (unpaired) electrons. The highest BCUT2D eigenvalue weighted by atomic mass is 32.2. The Kier molecular flexibility index (Phi) is 4.86. The van der Waals surface area contributed by atoms with Crippen molar-refractivity contribution in [1.82, 2.24) is 0 Å². The summed E-state index contributed by atoms with van der Waals surface area (Å²) in [5.74, 6) is 0.692. The van der Waals surface area contributed by atoms with Gasteiger partial charge in [0.15, 0.2) is 0 Å². The number of nitrogens with zero attached hydrogens (tertiary/aromatic N) is 2. The van der Waals surface area contributed by atoms with Gasteiger partial charge in [-0.25, -0.2) is 0 Å². The molecule has 1 fully saturated rings. The number of hydrogen-bond acceptors (Lipinski definition) is 4. The Morgan fingerprint density at radius 1 is 1.36 bits per heavy atom. The van der Waals surface area contributed by atoms with Crippen LogP contribution in [0.5, 0.6) is 0 Å². The fourth-order valence-electron chi connectivity index (χ4n) is 2.95. The molecule has 7 heteroatoms. The third-order valence-corrected chi connectivity index (χ3v) is 6.05. The summed E-state index contributed by atoms with van der Waals surface area (Å²) in [6.45, 7) is 6.78. The van der Waals surface area contributed by atoms with Crippen LogP contribution in [-0.2, 0) is 14.8 Å². The van der Waals surface area contributed by atoms with Crippen LogP contribution in [0.1, 0.15) is 46.5 Å². The normalized spacial score (nSPS) is 19.8. The quantitative estimate of drug-likeness (QED) is 0.840. The summed E-state index contributed by atoms with van der Waals surface area (Å²) in [6, 6.07) is 5.09. The molecule has 1 aromatic rings. The average Bonchev–Trinajstić information content (AvgIpc) is 3.42. The van der Waals surface area contributed by atoms with E-state index in [-0.39, 0.29) is 22.6 Å². The van der Waals surface area contributed by atoms with Crippen LogP contribution < -0.4 is 10.2 Å². The molecule has 136 valence electrons. The molecule has 1 aliphatic carbocycles. The number of nitrogens with one attached hydrogen (secondary N) is 1. The van der Waals surface area contributed by atoms with E-state index >= 15 is 0 Å². The Balaban J connectivity index is 2.01. The number of sulfonamides is 1. The van der Waals surface area contributed by atoms with E-state index in [1.54, 1.807) is 12.1 Å². The van der Waals surface area contributed by atoms with Gasteiger partial charge in [0.1, 0.15) is 10.7 Å². The summed E-state index contributed by atoms with van der Waals surface area (Å²) in [6.07, 6.45) is 3.51. The van der Waals surface area contributed by atoms with Gasteiger partial charge in [-0.1, -0.05) is 20.8 Å². The average molecular weight is 363 g/mol. The lowest BCUT2D eigenvalue weighted by Gasteiger charge is -2.33. The minimum Gasteiger partial charge on any atom is -0.328 e. The summed E-state index contributed by atoms with van der Waals surface area (Å²) >= 11 is 0. The van der Waals surface area contributed by atoms with E-state index in [1.165, 1.54) is 6.07 Å². The summed E-state index contributed by atoms with van der Waals surface area (Å²) in [7, 11) is -3.77. The number of hydrogen-bond donors (Lipinski definition) is 1. The standard InChI is InChI=1S/C18H25N3O3S/c1-4-10-21-15-9-8-14(19-18(22)13-6-7-13)11-16(15)25(23,24)20-17(21)12(3)5-2/h8-9,11-13H,4-7,10H2,1-3H3,(H,19,22). The molecule has 1 heterocycles. The van der Waals surface area contributed by atoms with Crippen molar-refractivity contribution < 1.29 is 13.2 Å². The maximum absolute atomic E-state index is 12.7. The molecule has 0 spiro atoms. The van der Waals surface area contributed by atoms with Crippen molar-refractivity contribution in [3.05, 3.63) is 18.2 Å². The molecule has 1 aromatic carbocycles. The van der Waals surface area contributed by atoms with Gasteiger partial charge in [-0.15, -0.1) is 4.40 Å². The number of carbonyl (C=O) groups excluding carboxylic acids is 1. The van der Waals surface area contributed by atoms with Gasteiger partial charge in [-0.2, -0.15) is 8.42 Å². The molecule has 0 saturated heterocycles. The predicted molar refractivity (Wildman–Crippen MR) is 99.5 cm³/mol. The first kappa shape index (κ1) is 17.9. The van der Waals surface area contributed by atoms with E-state index in [9.17, 15) is 13.2 Å². The minimum absolute atomic E-state index is 0.0395. The van der Waals surface area contributed by atoms with Crippen LogP contribution in [0, 0.1) is 11.8 Å². The molecule has 6 nitrogen and oxygen atoms in total. The van der Waals surface area contributed by atoms with Crippen LogP contribution in [0.2, 0.25) is 0 Å². The SMILES string of the molecule is CCCN1C(C(C)CC)=NS(=O)(=O)c2cc(NC(=O)C3CC3)ccc21. The fraction of sp³-hybridized carbons (Fsp3) is 0.556. The Morgan fingerprint density at radius 2 is 2.08 bits per heavy atom. The molecular formula is C18H25N3O3S. The summed E-state index contributed by atoms with van der Waals surface area (Å²) in [5.41, 5.74) is 1.16. The van der Waals surface area contributed by atoms with Crippen molar-refractivity contribution in [3.63, 3.8) is 0 Å². The lowest BCUT2D eigenvalue weighted by atomic mass is 10.1. The van der Waals surface area contributed by atoms with Gasteiger partial charge in [0.25, 0.3) is 10.0 Å². The zero-order valence-corrected chi connectivity index (χ0v) is 15.8. The second-order valence-corrected chi connectivity index (χ2v) is 8.40. The highest BCUT2D eigenvalue weighted by Crippen LogP contribution is 2.36. The Labute approximate surface area is 149 Å². The van der Waals surface area contributed by atoms with E-state index < -0.39 is 10.0 Å². The summed E-state index contributed by atoms with van der Waals surface area (Å²) in [4.78, 5) is 14.1. The van der Waals surface area contributed by atoms with Gasteiger partial charge >= 0.3 is 0 Å². The molecule has 1 amide bonds. The van der Waals surface area contributed by atoms with Crippen molar-refractivity contribution in [2.75, 3.05) is 16.8 Å². The Hall–Kier alpha value is -1.89. The van der Waals surface area contributed by atoms with E-state index in [0.29, 0.717) is 23.8 Å². The van der Waals surface area contributed by atoms with Crippen LogP contribution in [0.25, 0.3) is 0 Å². The molecule has 2 aliphatic rings. The molecule has 1 unspecified atom stereocenters. The number of amides is 1. The van der Waals surface area contributed by atoms with Crippen LogP contribution in [-0.4, -0.2) is 26.7 Å². The molecule has 0 bridgehead atoms. The molecule has 3 rings (SSSR count). The fourth-order valence-corrected chi connectivity index (χ4v) is 4.30. The molecule has 0 aromatic heterocycles. The van der Waals surface area contributed by atoms with Gasteiger partial charge < -0.3 is 10.2 Å². The number of benzene rings is 1. The van der Waals surface area contributed by atoms with E-state index in [2.05, 4.69) is 16.6 Å². The van der Waals surface area contributed by atoms with Crippen molar-refractivity contribution in [1.29, 1.82) is 0 Å². The van der Waals surface area contributed by atoms with E-state index in [0.717, 1.165) is 25.7 Å². The number of anilines is 2. The highest BCUT2D eigenvalue weighted by molar-refractivity contribution is 7.90. The monoisotopic (exact) mass is 363 g/mol. The number of fused-ring (bicyclic) bond motifs is 1. The van der Waals surface area contributed by atoms with E-state index in [4.69, 9.17) is 0 Å². The smallest absolute Gasteiger partial charge is 0.286 e. The van der Waals surface area contributed by atoms with Gasteiger partial charge in [0.2, 0.25) is 5.91 Å². The minimum atomic E-state index is -3.77. The maximum atomic E-state index is 12.7. The van der Waals surface area contributed by atoms with Crippen LogP contribution in [0.15, 0.2) is 27.5 Å². The van der Waals surface area contributed by atoms with Crippen molar-refractivity contribution >= 4 is 33.1 Å². The molecular weight excluding hydrogens is 338 g/mol. The van der Waals surface area contributed by atoms with Gasteiger partial charge in [-0.05, 0) is 43.9 Å². The van der Waals surface area contributed by atoms with E-state index in [1.807, 2.05) is 18.7 Å². The number of rotatable bonds is 6. The lowest BCUT2D eigenvalue weighted by molar-refractivity contribution is -0.117. The van der Waals surface area contributed by atoms with Crippen molar-refractivity contribution in [2.24, 2.45) is 16.2 Å². The summed E-state index contributed by atoms with van der Waals surface area (Å²) < 4.78 is 29.5. The van der Waals surface area contributed by atoms with Gasteiger partial charge in [0, 0.05) is 24.1 Å². The van der Waals surface area contributed by atoms with Crippen LogP contribution >= 0.6 is 0 Å². The molecule has 1 N–H and O–H groups in total. The molecule has 1 saturated carbocycles. The van der Waals surface area contributed by atoms with Crippen molar-refractivity contribution in [2.45, 2.75) is 51.3 Å². The van der Waals surface area contributed by atoms with Gasteiger partial charge in [0.05, 0.1) is 5.69 Å². The number of amidine groups is 1. The maximum Gasteiger partial charge on any atom is 0.286 e. The topological polar surface area (TPSA) is 78.8 Å². The lowest BCUT2D eigenvalue weighted by Crippen LogP contribution is -2.40. The van der Waals surface area contributed by atoms with Gasteiger partial charge in [-0.3, -0.25) is 4.79 Å². The molecule has 1 aliphatic heterocycles. The third kappa shape index (κ3) is 3.56. The second-order valence-electron chi connectivity index (χ2n) is 6.83. The zero-order valence-electron chi connectivity index (χ0n) is 14.9. The Morgan fingerprint density at radius 3 is 2.68 bits per heavy atom.